The van der Waals surface area contributed by atoms with Crippen LogP contribution in [0.1, 0.15) is 23.6 Å². The molecule has 0 aliphatic rings. The van der Waals surface area contributed by atoms with E-state index < -0.39 is 24.5 Å². The highest BCUT2D eigenvalue weighted by Gasteiger charge is 2.31. The van der Waals surface area contributed by atoms with E-state index in [1.165, 1.54) is 13.2 Å². The van der Waals surface area contributed by atoms with Gasteiger partial charge in [-0.1, -0.05) is 6.07 Å². The van der Waals surface area contributed by atoms with Crippen molar-refractivity contribution >= 4 is 0 Å². The van der Waals surface area contributed by atoms with E-state index in [0.29, 0.717) is 5.56 Å². The molecule has 0 radical (unpaired) electrons. The number of hydrogen-bond acceptors (Lipinski definition) is 2. The second kappa shape index (κ2) is 5.35. The fraction of sp³-hybridized carbons (Fsp3) is 0.455. The summed E-state index contributed by atoms with van der Waals surface area (Å²) in [5.74, 6) is 0.0285. The van der Waals surface area contributed by atoms with Crippen LogP contribution in [0.3, 0.4) is 0 Å². The van der Waals surface area contributed by atoms with Gasteiger partial charge in [0.2, 0.25) is 0 Å². The molecule has 96 valence electrons. The lowest BCUT2D eigenvalue weighted by Crippen LogP contribution is -2.13. The molecule has 1 atom stereocenters. The molecule has 2 nitrogen and oxygen atoms in total. The zero-order chi connectivity index (χ0) is 13.1. The third kappa shape index (κ3) is 3.33. The molecule has 1 rings (SSSR count). The van der Waals surface area contributed by atoms with Crippen LogP contribution in [0.2, 0.25) is 0 Å². The normalized spacial score (nSPS) is 13.5. The molecule has 0 aromatic heterocycles. The molecule has 0 saturated heterocycles. The highest BCUT2D eigenvalue weighted by molar-refractivity contribution is 5.40. The van der Waals surface area contributed by atoms with Gasteiger partial charge in [0, 0.05) is 11.6 Å². The van der Waals surface area contributed by atoms with E-state index in [9.17, 15) is 17.6 Å². The molecule has 0 unspecified atom stereocenters. The number of ether oxygens (including phenoxy) is 1. The van der Waals surface area contributed by atoms with Crippen molar-refractivity contribution in [2.45, 2.75) is 18.6 Å². The van der Waals surface area contributed by atoms with Crippen molar-refractivity contribution in [3.63, 3.8) is 0 Å². The van der Waals surface area contributed by atoms with E-state index in [1.54, 1.807) is 0 Å². The second-order valence-corrected chi connectivity index (χ2v) is 3.54. The first-order valence-electron chi connectivity index (χ1n) is 4.96. The van der Waals surface area contributed by atoms with E-state index in [0.717, 1.165) is 12.1 Å². The van der Waals surface area contributed by atoms with Crippen LogP contribution in [-0.2, 0) is 6.18 Å². The maximum atomic E-state index is 12.4. The van der Waals surface area contributed by atoms with E-state index in [-0.39, 0.29) is 12.2 Å². The Morgan fingerprint density at radius 2 is 2.00 bits per heavy atom. The van der Waals surface area contributed by atoms with Crippen LogP contribution in [0, 0.1) is 0 Å². The van der Waals surface area contributed by atoms with Gasteiger partial charge in [0.1, 0.15) is 5.75 Å². The van der Waals surface area contributed by atoms with Gasteiger partial charge < -0.3 is 10.5 Å². The Morgan fingerprint density at radius 1 is 1.35 bits per heavy atom. The van der Waals surface area contributed by atoms with Crippen molar-refractivity contribution in [3.8, 4) is 5.75 Å². The van der Waals surface area contributed by atoms with E-state index >= 15 is 0 Å². The van der Waals surface area contributed by atoms with Crippen molar-refractivity contribution in [2.75, 3.05) is 13.8 Å². The third-order valence-corrected chi connectivity index (χ3v) is 2.38. The van der Waals surface area contributed by atoms with Crippen LogP contribution >= 0.6 is 0 Å². The van der Waals surface area contributed by atoms with Gasteiger partial charge in [-0.3, -0.25) is 4.39 Å². The van der Waals surface area contributed by atoms with Gasteiger partial charge in [-0.05, 0) is 18.6 Å². The number of rotatable bonds is 4. The molecule has 6 heteroatoms. The lowest BCUT2D eigenvalue weighted by Gasteiger charge is -2.16. The molecule has 0 aliphatic carbocycles. The zero-order valence-corrected chi connectivity index (χ0v) is 9.22. The number of alkyl halides is 4. The third-order valence-electron chi connectivity index (χ3n) is 2.38. The highest BCUT2D eigenvalue weighted by atomic mass is 19.4. The maximum absolute atomic E-state index is 12.4. The molecule has 0 amide bonds. The van der Waals surface area contributed by atoms with Gasteiger partial charge in [-0.15, -0.1) is 0 Å². The van der Waals surface area contributed by atoms with Crippen molar-refractivity contribution in [2.24, 2.45) is 5.73 Å². The Hall–Kier alpha value is -1.30. The first kappa shape index (κ1) is 13.8. The topological polar surface area (TPSA) is 35.2 Å². The Bertz CT molecular complexity index is 378. The lowest BCUT2D eigenvalue weighted by atomic mass is 10.0. The molecule has 17 heavy (non-hydrogen) atoms. The first-order chi connectivity index (χ1) is 7.90. The lowest BCUT2D eigenvalue weighted by molar-refractivity contribution is -0.137. The largest absolute Gasteiger partial charge is 0.496 e. The Morgan fingerprint density at radius 3 is 2.47 bits per heavy atom. The van der Waals surface area contributed by atoms with Crippen LogP contribution in [0.5, 0.6) is 5.75 Å². The van der Waals surface area contributed by atoms with Crippen LogP contribution < -0.4 is 10.5 Å². The molecule has 0 aliphatic heterocycles. The van der Waals surface area contributed by atoms with Gasteiger partial charge in [0.15, 0.2) is 0 Å². The molecule has 1 aromatic rings. The molecule has 0 bridgehead atoms. The Labute approximate surface area is 96.4 Å². The fourth-order valence-corrected chi connectivity index (χ4v) is 1.47. The highest BCUT2D eigenvalue weighted by Crippen LogP contribution is 2.35. The Balaban J connectivity index is 3.10. The molecule has 2 N–H and O–H groups in total. The number of hydrogen-bond donors (Lipinski definition) is 1. The van der Waals surface area contributed by atoms with Crippen LogP contribution in [0.4, 0.5) is 17.6 Å². The van der Waals surface area contributed by atoms with Gasteiger partial charge in [0.25, 0.3) is 0 Å². The maximum Gasteiger partial charge on any atom is 0.416 e. The fourth-order valence-electron chi connectivity index (χ4n) is 1.47. The molecule has 0 saturated carbocycles. The predicted molar refractivity (Wildman–Crippen MR) is 55.5 cm³/mol. The first-order valence-corrected chi connectivity index (χ1v) is 4.96. The number of nitrogens with two attached hydrogens (primary N) is 1. The zero-order valence-electron chi connectivity index (χ0n) is 9.22. The van der Waals surface area contributed by atoms with Gasteiger partial charge in [-0.25, -0.2) is 0 Å². The van der Waals surface area contributed by atoms with Crippen molar-refractivity contribution < 1.29 is 22.3 Å². The van der Waals surface area contributed by atoms with Crippen LogP contribution in [-0.4, -0.2) is 13.8 Å². The summed E-state index contributed by atoms with van der Waals surface area (Å²) >= 11 is 0. The summed E-state index contributed by atoms with van der Waals surface area (Å²) in [5, 5.41) is 0. The summed E-state index contributed by atoms with van der Waals surface area (Å²) in [5.41, 5.74) is 5.20. The van der Waals surface area contributed by atoms with Gasteiger partial charge >= 0.3 is 6.18 Å². The van der Waals surface area contributed by atoms with Crippen LogP contribution in [0.25, 0.3) is 0 Å². The van der Waals surface area contributed by atoms with E-state index in [4.69, 9.17) is 10.5 Å². The molecule has 0 spiro atoms. The summed E-state index contributed by atoms with van der Waals surface area (Å²) in [7, 11) is 1.25. The number of benzene rings is 1. The van der Waals surface area contributed by atoms with Crippen molar-refractivity contribution in [1.82, 2.24) is 0 Å². The minimum Gasteiger partial charge on any atom is -0.496 e. The predicted octanol–water partition coefficient (Wildman–Crippen LogP) is 3.07. The van der Waals surface area contributed by atoms with E-state index in [1.807, 2.05) is 0 Å². The second-order valence-electron chi connectivity index (χ2n) is 3.54. The van der Waals surface area contributed by atoms with Gasteiger partial charge in [0.05, 0.1) is 19.3 Å². The SMILES string of the molecule is COc1cc(C(F)(F)F)ccc1[C@H](N)CCF. The summed E-state index contributed by atoms with van der Waals surface area (Å²) in [6, 6.07) is 2.34. The molecule has 0 fully saturated rings. The van der Waals surface area contributed by atoms with Gasteiger partial charge in [-0.2, -0.15) is 13.2 Å². The summed E-state index contributed by atoms with van der Waals surface area (Å²) in [6.45, 7) is -0.634. The summed E-state index contributed by atoms with van der Waals surface area (Å²) in [4.78, 5) is 0. The molecule has 0 heterocycles. The average Bonchev–Trinajstić information content (AvgIpc) is 2.27. The Kier molecular flexibility index (Phi) is 4.34. The molecule has 1 aromatic carbocycles. The number of methoxy groups -OCH3 is 1. The summed E-state index contributed by atoms with van der Waals surface area (Å²) < 4.78 is 54.3. The standard InChI is InChI=1S/C11H13F4NO/c1-17-10-6-7(11(13,14)15)2-3-8(10)9(16)4-5-12/h2-3,6,9H,4-5,16H2,1H3/t9-/m1/s1. The molecular formula is C11H13F4NO. The molecular weight excluding hydrogens is 238 g/mol. The smallest absolute Gasteiger partial charge is 0.416 e. The number of halogens is 4. The minimum atomic E-state index is -4.43. The summed E-state index contributed by atoms with van der Waals surface area (Å²) in [6.07, 6.45) is -4.39. The van der Waals surface area contributed by atoms with E-state index in [2.05, 4.69) is 0 Å². The van der Waals surface area contributed by atoms with Crippen LogP contribution in [0.15, 0.2) is 18.2 Å². The average molecular weight is 251 g/mol. The monoisotopic (exact) mass is 251 g/mol. The van der Waals surface area contributed by atoms with Crippen molar-refractivity contribution in [3.05, 3.63) is 29.3 Å². The van der Waals surface area contributed by atoms with Crippen molar-refractivity contribution in [1.29, 1.82) is 0 Å². The minimum absolute atomic E-state index is 0.0285. The quantitative estimate of drug-likeness (QED) is 0.834.